The summed E-state index contributed by atoms with van der Waals surface area (Å²) in [6.07, 6.45) is 0.881. The molecular formula is C20H27F3N2O. The number of hydrogen-bond donors (Lipinski definition) is 1. The summed E-state index contributed by atoms with van der Waals surface area (Å²) in [6, 6.07) is 7.05. The number of alkyl halides is 3. The maximum atomic E-state index is 12.9. The molecule has 1 aliphatic carbocycles. The minimum Gasteiger partial charge on any atom is -0.349 e. The van der Waals surface area contributed by atoms with E-state index in [1.165, 1.54) is 24.8 Å². The zero-order chi connectivity index (χ0) is 18.6. The summed E-state index contributed by atoms with van der Waals surface area (Å²) in [5.74, 6) is -1.57. The third kappa shape index (κ3) is 5.22. The molecule has 2 atom stereocenters. The fourth-order valence-corrected chi connectivity index (χ4v) is 4.02. The van der Waals surface area contributed by atoms with Crippen LogP contribution in [0, 0.1) is 5.92 Å². The molecule has 1 amide bonds. The number of halogens is 3. The second-order valence-electron chi connectivity index (χ2n) is 7.61. The lowest BCUT2D eigenvalue weighted by atomic mass is 9.85. The second kappa shape index (κ2) is 8.42. The van der Waals surface area contributed by atoms with Gasteiger partial charge in [0.05, 0.1) is 5.92 Å². The molecule has 0 bridgehead atoms. The molecule has 1 heterocycles. The van der Waals surface area contributed by atoms with Crippen molar-refractivity contribution in [3.05, 3.63) is 35.4 Å². The molecule has 0 unspecified atom stereocenters. The van der Waals surface area contributed by atoms with Gasteiger partial charge in [-0.2, -0.15) is 13.2 Å². The monoisotopic (exact) mass is 368 g/mol. The standard InChI is InChI=1S/C20H27F3N2O/c21-20(22,23)17-5-4-6-18(13-17)24-19(26)16-9-7-15(8-10-16)14-25-11-2-1-3-12-25/h7-10,17-18H,1-6,11-14H2,(H,24,26)/t17-,18+/m1/s1. The van der Waals surface area contributed by atoms with Gasteiger partial charge in [-0.05, 0) is 62.9 Å². The predicted octanol–water partition coefficient (Wildman–Crippen LogP) is 4.52. The summed E-state index contributed by atoms with van der Waals surface area (Å²) in [4.78, 5) is 14.8. The van der Waals surface area contributed by atoms with Crippen molar-refractivity contribution in [2.24, 2.45) is 5.92 Å². The van der Waals surface area contributed by atoms with Crippen LogP contribution in [0.25, 0.3) is 0 Å². The van der Waals surface area contributed by atoms with Crippen LogP contribution in [0.5, 0.6) is 0 Å². The highest BCUT2D eigenvalue weighted by Crippen LogP contribution is 2.37. The van der Waals surface area contributed by atoms with Gasteiger partial charge < -0.3 is 5.32 Å². The summed E-state index contributed by atoms with van der Waals surface area (Å²) in [7, 11) is 0. The van der Waals surface area contributed by atoms with Gasteiger partial charge in [-0.15, -0.1) is 0 Å². The van der Waals surface area contributed by atoms with Crippen molar-refractivity contribution in [3.8, 4) is 0 Å². The lowest BCUT2D eigenvalue weighted by Crippen LogP contribution is -2.41. The van der Waals surface area contributed by atoms with E-state index in [0.717, 1.165) is 19.6 Å². The first-order valence-corrected chi connectivity index (χ1v) is 9.61. The third-order valence-electron chi connectivity index (χ3n) is 5.54. The summed E-state index contributed by atoms with van der Waals surface area (Å²) in [6.45, 7) is 3.12. The van der Waals surface area contributed by atoms with Crippen LogP contribution in [0.2, 0.25) is 0 Å². The Morgan fingerprint density at radius 2 is 1.73 bits per heavy atom. The van der Waals surface area contributed by atoms with E-state index in [2.05, 4.69) is 10.2 Å². The normalized spacial score (nSPS) is 25.0. The van der Waals surface area contributed by atoms with Crippen LogP contribution in [-0.4, -0.2) is 36.1 Å². The van der Waals surface area contributed by atoms with E-state index in [9.17, 15) is 18.0 Å². The lowest BCUT2D eigenvalue weighted by Gasteiger charge is -2.31. The van der Waals surface area contributed by atoms with Crippen LogP contribution in [0.15, 0.2) is 24.3 Å². The molecule has 1 aliphatic heterocycles. The summed E-state index contributed by atoms with van der Waals surface area (Å²) < 4.78 is 38.7. The lowest BCUT2D eigenvalue weighted by molar-refractivity contribution is -0.183. The van der Waals surface area contributed by atoms with Crippen molar-refractivity contribution in [2.75, 3.05) is 13.1 Å². The molecule has 3 nitrogen and oxygen atoms in total. The molecule has 3 rings (SSSR count). The molecule has 0 radical (unpaired) electrons. The molecule has 0 aromatic heterocycles. The molecule has 1 N–H and O–H groups in total. The van der Waals surface area contributed by atoms with E-state index in [1.54, 1.807) is 12.1 Å². The van der Waals surface area contributed by atoms with Crippen LogP contribution < -0.4 is 5.32 Å². The van der Waals surface area contributed by atoms with Gasteiger partial charge in [0.25, 0.3) is 5.91 Å². The number of nitrogens with zero attached hydrogens (tertiary/aromatic N) is 1. The van der Waals surface area contributed by atoms with E-state index < -0.39 is 18.1 Å². The molecular weight excluding hydrogens is 341 g/mol. The Kier molecular flexibility index (Phi) is 6.22. The number of amides is 1. The zero-order valence-corrected chi connectivity index (χ0v) is 15.0. The molecule has 2 fully saturated rings. The zero-order valence-electron chi connectivity index (χ0n) is 15.0. The van der Waals surface area contributed by atoms with E-state index in [1.807, 2.05) is 12.1 Å². The summed E-state index contributed by atoms with van der Waals surface area (Å²) >= 11 is 0. The fourth-order valence-electron chi connectivity index (χ4n) is 4.02. The Bertz CT molecular complexity index is 594. The first-order chi connectivity index (χ1) is 12.4. The van der Waals surface area contributed by atoms with Gasteiger partial charge in [0, 0.05) is 18.2 Å². The van der Waals surface area contributed by atoms with Crippen molar-refractivity contribution in [2.45, 2.75) is 63.7 Å². The molecule has 0 spiro atoms. The Morgan fingerprint density at radius 3 is 2.38 bits per heavy atom. The molecule has 1 aromatic rings. The van der Waals surface area contributed by atoms with Gasteiger partial charge in [-0.3, -0.25) is 9.69 Å². The van der Waals surface area contributed by atoms with Crippen LogP contribution >= 0.6 is 0 Å². The van der Waals surface area contributed by atoms with Gasteiger partial charge in [0.2, 0.25) is 0 Å². The van der Waals surface area contributed by atoms with Crippen molar-refractivity contribution in [1.82, 2.24) is 10.2 Å². The predicted molar refractivity (Wildman–Crippen MR) is 94.8 cm³/mol. The minimum atomic E-state index is -4.17. The van der Waals surface area contributed by atoms with E-state index in [4.69, 9.17) is 0 Å². The van der Waals surface area contributed by atoms with Crippen molar-refractivity contribution >= 4 is 5.91 Å². The first-order valence-electron chi connectivity index (χ1n) is 9.61. The Hall–Kier alpha value is -1.56. The number of benzene rings is 1. The molecule has 6 heteroatoms. The SMILES string of the molecule is O=C(N[C@H]1CCC[C@@H](C(F)(F)F)C1)c1ccc(CN2CCCCC2)cc1. The second-order valence-corrected chi connectivity index (χ2v) is 7.61. The molecule has 1 saturated carbocycles. The summed E-state index contributed by atoms with van der Waals surface area (Å²) in [5.41, 5.74) is 1.68. The largest absolute Gasteiger partial charge is 0.391 e. The van der Waals surface area contributed by atoms with Gasteiger partial charge in [-0.1, -0.05) is 25.0 Å². The smallest absolute Gasteiger partial charge is 0.349 e. The van der Waals surface area contributed by atoms with Crippen molar-refractivity contribution in [3.63, 3.8) is 0 Å². The fraction of sp³-hybridized carbons (Fsp3) is 0.650. The molecule has 144 valence electrons. The van der Waals surface area contributed by atoms with Crippen LogP contribution in [-0.2, 0) is 6.54 Å². The number of carbonyl (C=O) groups excluding carboxylic acids is 1. The number of hydrogen-bond acceptors (Lipinski definition) is 2. The Balaban J connectivity index is 1.53. The minimum absolute atomic E-state index is 0.0116. The molecule has 26 heavy (non-hydrogen) atoms. The maximum absolute atomic E-state index is 12.9. The third-order valence-corrected chi connectivity index (χ3v) is 5.54. The number of rotatable bonds is 4. The van der Waals surface area contributed by atoms with E-state index in [-0.39, 0.29) is 18.7 Å². The van der Waals surface area contributed by atoms with Gasteiger partial charge in [0.15, 0.2) is 0 Å². The van der Waals surface area contributed by atoms with E-state index >= 15 is 0 Å². The topological polar surface area (TPSA) is 32.3 Å². The quantitative estimate of drug-likeness (QED) is 0.847. The van der Waals surface area contributed by atoms with Crippen molar-refractivity contribution < 1.29 is 18.0 Å². The highest BCUT2D eigenvalue weighted by molar-refractivity contribution is 5.94. The Morgan fingerprint density at radius 1 is 1.04 bits per heavy atom. The number of piperidine rings is 1. The van der Waals surface area contributed by atoms with Crippen LogP contribution in [0.4, 0.5) is 13.2 Å². The van der Waals surface area contributed by atoms with Crippen LogP contribution in [0.3, 0.4) is 0 Å². The molecule has 1 saturated heterocycles. The summed E-state index contributed by atoms with van der Waals surface area (Å²) in [5, 5.41) is 2.79. The van der Waals surface area contributed by atoms with E-state index in [0.29, 0.717) is 18.4 Å². The first kappa shape index (κ1) is 19.2. The number of nitrogens with one attached hydrogen (secondary N) is 1. The highest BCUT2D eigenvalue weighted by Gasteiger charge is 2.42. The Labute approximate surface area is 152 Å². The van der Waals surface area contributed by atoms with Gasteiger partial charge in [-0.25, -0.2) is 0 Å². The van der Waals surface area contributed by atoms with Gasteiger partial charge >= 0.3 is 6.18 Å². The molecule has 2 aliphatic rings. The van der Waals surface area contributed by atoms with Gasteiger partial charge in [0.1, 0.15) is 0 Å². The number of likely N-dealkylation sites (tertiary alicyclic amines) is 1. The molecule has 1 aromatic carbocycles. The average Bonchev–Trinajstić information content (AvgIpc) is 2.63. The van der Waals surface area contributed by atoms with Crippen molar-refractivity contribution in [1.29, 1.82) is 0 Å². The maximum Gasteiger partial charge on any atom is 0.391 e. The van der Waals surface area contributed by atoms with Crippen LogP contribution in [0.1, 0.15) is 60.9 Å². The highest BCUT2D eigenvalue weighted by atomic mass is 19.4. The average molecular weight is 368 g/mol. The number of carbonyl (C=O) groups is 1.